The molecule has 2 amide bonds. The lowest BCUT2D eigenvalue weighted by atomic mass is 9.97. The van der Waals surface area contributed by atoms with Crippen LogP contribution in [0.1, 0.15) is 30.1 Å². The molecule has 1 aromatic rings. The average Bonchev–Trinajstić information content (AvgIpc) is 2.96. The molecule has 6 nitrogen and oxygen atoms in total. The summed E-state index contributed by atoms with van der Waals surface area (Å²) in [7, 11) is 1.60. The zero-order chi connectivity index (χ0) is 15.2. The summed E-state index contributed by atoms with van der Waals surface area (Å²) in [4.78, 5) is 24.9. The number of hydrogen-bond acceptors (Lipinski definition) is 3. The maximum atomic E-state index is 11.7. The molecule has 1 N–H and O–H groups in total. The van der Waals surface area contributed by atoms with E-state index in [1.54, 1.807) is 35.9 Å². The molecule has 2 heterocycles. The molecular weight excluding hydrogens is 268 g/mol. The summed E-state index contributed by atoms with van der Waals surface area (Å²) in [5.41, 5.74) is 0.573. The molecule has 1 aliphatic heterocycles. The highest BCUT2D eigenvalue weighted by Gasteiger charge is 2.22. The first-order chi connectivity index (χ1) is 10.1. The normalized spacial score (nSPS) is 15.2. The van der Waals surface area contributed by atoms with Crippen LogP contribution in [0.2, 0.25) is 0 Å². The first kappa shape index (κ1) is 15.1. The van der Waals surface area contributed by atoms with Gasteiger partial charge in [0.15, 0.2) is 0 Å². The summed E-state index contributed by atoms with van der Waals surface area (Å²) in [6.45, 7) is 3.92. The maximum absolute atomic E-state index is 11.7. The first-order valence-electron chi connectivity index (χ1n) is 7.10. The fourth-order valence-electron chi connectivity index (χ4n) is 2.49. The lowest BCUT2D eigenvalue weighted by Gasteiger charge is -2.30. The van der Waals surface area contributed by atoms with Crippen molar-refractivity contribution in [2.24, 2.45) is 5.92 Å². The minimum absolute atomic E-state index is 0.0862. The van der Waals surface area contributed by atoms with Gasteiger partial charge in [0.1, 0.15) is 0 Å². The maximum Gasteiger partial charge on any atom is 0.298 e. The second-order valence-corrected chi connectivity index (χ2v) is 5.14. The van der Waals surface area contributed by atoms with Crippen LogP contribution in [0.25, 0.3) is 0 Å². The largest absolute Gasteiger partial charge is 0.355 e. The first-order valence-corrected chi connectivity index (χ1v) is 7.10. The second-order valence-electron chi connectivity index (χ2n) is 5.14. The van der Waals surface area contributed by atoms with Gasteiger partial charge >= 0.3 is 0 Å². The molecule has 0 saturated carbocycles. The molecule has 2 rings (SSSR count). The number of nitrogens with zero attached hydrogens (tertiary/aromatic N) is 3. The van der Waals surface area contributed by atoms with E-state index in [0.29, 0.717) is 11.5 Å². The molecule has 1 fully saturated rings. The van der Waals surface area contributed by atoms with Gasteiger partial charge in [-0.25, -0.2) is 0 Å². The van der Waals surface area contributed by atoms with Crippen molar-refractivity contribution in [1.29, 1.82) is 0 Å². The SMILES string of the molecule is CC#CC(=O)N1CCC(Cn2cc(C(=O)NC)cn2)CC1. The number of aromatic nitrogens is 2. The number of amides is 2. The molecule has 0 spiro atoms. The molecule has 1 saturated heterocycles. The lowest BCUT2D eigenvalue weighted by Crippen LogP contribution is -2.38. The number of likely N-dealkylation sites (tertiary alicyclic amines) is 1. The van der Waals surface area contributed by atoms with E-state index in [9.17, 15) is 9.59 Å². The van der Waals surface area contributed by atoms with E-state index in [1.807, 2.05) is 0 Å². The fraction of sp³-hybridized carbons (Fsp3) is 0.533. The van der Waals surface area contributed by atoms with Crippen LogP contribution in [-0.2, 0) is 11.3 Å². The predicted molar refractivity (Wildman–Crippen MR) is 78.4 cm³/mol. The molecular formula is C15H20N4O2. The van der Waals surface area contributed by atoms with Crippen LogP contribution in [-0.4, -0.2) is 46.6 Å². The minimum Gasteiger partial charge on any atom is -0.355 e. The van der Waals surface area contributed by atoms with Crippen LogP contribution >= 0.6 is 0 Å². The van der Waals surface area contributed by atoms with E-state index in [-0.39, 0.29) is 11.8 Å². The number of carbonyl (C=O) groups excluding carboxylic acids is 2. The lowest BCUT2D eigenvalue weighted by molar-refractivity contribution is -0.126. The highest BCUT2D eigenvalue weighted by molar-refractivity contribution is 5.93. The van der Waals surface area contributed by atoms with E-state index in [4.69, 9.17) is 0 Å². The van der Waals surface area contributed by atoms with Crippen LogP contribution in [0.4, 0.5) is 0 Å². The topological polar surface area (TPSA) is 67.2 Å². The molecule has 0 aromatic carbocycles. The fourth-order valence-corrected chi connectivity index (χ4v) is 2.49. The number of piperidine rings is 1. The molecule has 0 radical (unpaired) electrons. The summed E-state index contributed by atoms with van der Waals surface area (Å²) in [6, 6.07) is 0. The number of nitrogens with one attached hydrogen (secondary N) is 1. The Morgan fingerprint density at radius 3 is 2.76 bits per heavy atom. The van der Waals surface area contributed by atoms with Gasteiger partial charge in [-0.05, 0) is 31.6 Å². The van der Waals surface area contributed by atoms with Gasteiger partial charge in [-0.2, -0.15) is 5.10 Å². The van der Waals surface area contributed by atoms with Crippen LogP contribution in [0.3, 0.4) is 0 Å². The highest BCUT2D eigenvalue weighted by atomic mass is 16.2. The number of rotatable bonds is 3. The standard InChI is InChI=1S/C15H20N4O2/c1-3-4-14(20)18-7-5-12(6-8-18)10-19-11-13(9-17-19)15(21)16-2/h9,11-12H,5-8,10H2,1-2H3,(H,16,21). The van der Waals surface area contributed by atoms with Crippen molar-refractivity contribution in [3.05, 3.63) is 18.0 Å². The van der Waals surface area contributed by atoms with Gasteiger partial charge in [0, 0.05) is 32.9 Å². The quantitative estimate of drug-likeness (QED) is 0.824. The third-order valence-corrected chi connectivity index (χ3v) is 3.70. The molecule has 1 aromatic heterocycles. The van der Waals surface area contributed by atoms with E-state index < -0.39 is 0 Å². The smallest absolute Gasteiger partial charge is 0.298 e. The summed E-state index contributed by atoms with van der Waals surface area (Å²) in [5, 5.41) is 6.79. The van der Waals surface area contributed by atoms with Gasteiger partial charge in [0.05, 0.1) is 11.8 Å². The molecule has 0 bridgehead atoms. The summed E-state index contributed by atoms with van der Waals surface area (Å²) < 4.78 is 1.80. The van der Waals surface area contributed by atoms with Crippen molar-refractivity contribution >= 4 is 11.8 Å². The van der Waals surface area contributed by atoms with Crippen molar-refractivity contribution in [3.63, 3.8) is 0 Å². The molecule has 0 atom stereocenters. The third kappa shape index (κ3) is 3.85. The Morgan fingerprint density at radius 2 is 2.14 bits per heavy atom. The molecule has 6 heteroatoms. The zero-order valence-electron chi connectivity index (χ0n) is 12.4. The summed E-state index contributed by atoms with van der Waals surface area (Å²) in [5.74, 6) is 5.48. The highest BCUT2D eigenvalue weighted by Crippen LogP contribution is 2.19. The zero-order valence-corrected chi connectivity index (χ0v) is 12.4. The Kier molecular flexibility index (Phi) is 4.99. The molecule has 0 aliphatic carbocycles. The Labute approximate surface area is 124 Å². The van der Waals surface area contributed by atoms with Crippen molar-refractivity contribution in [3.8, 4) is 11.8 Å². The Morgan fingerprint density at radius 1 is 1.43 bits per heavy atom. The van der Waals surface area contributed by atoms with Crippen molar-refractivity contribution in [1.82, 2.24) is 20.0 Å². The van der Waals surface area contributed by atoms with Crippen molar-refractivity contribution < 1.29 is 9.59 Å². The number of hydrogen-bond donors (Lipinski definition) is 1. The number of carbonyl (C=O) groups is 2. The van der Waals surface area contributed by atoms with Crippen LogP contribution in [0.5, 0.6) is 0 Å². The Hall–Kier alpha value is -2.29. The van der Waals surface area contributed by atoms with E-state index in [2.05, 4.69) is 22.3 Å². The van der Waals surface area contributed by atoms with Crippen LogP contribution in [0.15, 0.2) is 12.4 Å². The van der Waals surface area contributed by atoms with Crippen LogP contribution in [0, 0.1) is 17.8 Å². The summed E-state index contributed by atoms with van der Waals surface area (Å²) >= 11 is 0. The predicted octanol–water partition coefficient (Wildman–Crippen LogP) is 0.505. The van der Waals surface area contributed by atoms with Gasteiger partial charge in [0.25, 0.3) is 11.8 Å². The Balaban J connectivity index is 1.85. The third-order valence-electron chi connectivity index (χ3n) is 3.70. The van der Waals surface area contributed by atoms with Gasteiger partial charge in [-0.15, -0.1) is 0 Å². The average molecular weight is 288 g/mol. The van der Waals surface area contributed by atoms with Gasteiger partial charge < -0.3 is 10.2 Å². The van der Waals surface area contributed by atoms with Gasteiger partial charge in [-0.1, -0.05) is 5.92 Å². The van der Waals surface area contributed by atoms with E-state index in [0.717, 1.165) is 32.5 Å². The molecule has 0 unspecified atom stereocenters. The van der Waals surface area contributed by atoms with E-state index in [1.165, 1.54) is 0 Å². The van der Waals surface area contributed by atoms with Gasteiger partial charge in [0.2, 0.25) is 0 Å². The van der Waals surface area contributed by atoms with Gasteiger partial charge in [-0.3, -0.25) is 14.3 Å². The van der Waals surface area contributed by atoms with Crippen LogP contribution < -0.4 is 5.32 Å². The molecule has 21 heavy (non-hydrogen) atoms. The van der Waals surface area contributed by atoms with E-state index >= 15 is 0 Å². The molecule has 1 aliphatic rings. The Bertz CT molecular complexity index is 574. The molecule has 112 valence electrons. The monoisotopic (exact) mass is 288 g/mol. The van der Waals surface area contributed by atoms with Crippen molar-refractivity contribution in [2.75, 3.05) is 20.1 Å². The summed E-state index contributed by atoms with van der Waals surface area (Å²) in [6.07, 6.45) is 5.21. The second kappa shape index (κ2) is 6.93. The minimum atomic E-state index is -0.125. The van der Waals surface area contributed by atoms with Crippen molar-refractivity contribution in [2.45, 2.75) is 26.3 Å².